The lowest BCUT2D eigenvalue weighted by atomic mass is 10.2. The molecular formula is C14H13NO5S. The van der Waals surface area contributed by atoms with Crippen molar-refractivity contribution >= 4 is 16.0 Å². The van der Waals surface area contributed by atoms with Gasteiger partial charge in [0.25, 0.3) is 0 Å². The molecule has 0 amide bonds. The summed E-state index contributed by atoms with van der Waals surface area (Å²) in [4.78, 5) is 11.2. The van der Waals surface area contributed by atoms with E-state index in [2.05, 4.69) is 4.74 Å². The van der Waals surface area contributed by atoms with E-state index in [9.17, 15) is 13.2 Å². The summed E-state index contributed by atoms with van der Waals surface area (Å²) < 4.78 is 33.0. The van der Waals surface area contributed by atoms with Gasteiger partial charge in [0.1, 0.15) is 16.4 Å². The van der Waals surface area contributed by atoms with Crippen molar-refractivity contribution < 1.29 is 22.7 Å². The number of primary sulfonamides is 1. The molecule has 2 N–H and O–H groups in total. The Hall–Kier alpha value is -2.38. The van der Waals surface area contributed by atoms with Crippen LogP contribution in [0.5, 0.6) is 11.5 Å². The Labute approximate surface area is 122 Å². The number of hydrogen-bond donors (Lipinski definition) is 1. The minimum Gasteiger partial charge on any atom is -0.465 e. The van der Waals surface area contributed by atoms with E-state index >= 15 is 0 Å². The highest BCUT2D eigenvalue weighted by Crippen LogP contribution is 2.27. The van der Waals surface area contributed by atoms with Gasteiger partial charge in [-0.15, -0.1) is 0 Å². The molecule has 0 aliphatic heterocycles. The molecule has 0 saturated carbocycles. The summed E-state index contributed by atoms with van der Waals surface area (Å²) >= 11 is 0. The van der Waals surface area contributed by atoms with Gasteiger partial charge >= 0.3 is 5.97 Å². The molecule has 2 rings (SSSR count). The summed E-state index contributed by atoms with van der Waals surface area (Å²) in [6, 6.07) is 12.1. The van der Waals surface area contributed by atoms with E-state index in [1.54, 1.807) is 12.1 Å². The van der Waals surface area contributed by atoms with Gasteiger partial charge in [0.15, 0.2) is 0 Å². The Morgan fingerprint density at radius 2 is 1.67 bits per heavy atom. The maximum absolute atomic E-state index is 11.5. The summed E-state index contributed by atoms with van der Waals surface area (Å²) in [5.41, 5.74) is 0.365. The number of esters is 1. The number of hydrogen-bond acceptors (Lipinski definition) is 5. The first-order chi connectivity index (χ1) is 9.91. The molecule has 0 bridgehead atoms. The van der Waals surface area contributed by atoms with Crippen molar-refractivity contribution in [2.45, 2.75) is 4.90 Å². The predicted octanol–water partition coefficient (Wildman–Crippen LogP) is 1.91. The van der Waals surface area contributed by atoms with Crippen molar-refractivity contribution in [3.05, 3.63) is 54.1 Å². The van der Waals surface area contributed by atoms with Gasteiger partial charge in [0.05, 0.1) is 12.7 Å². The van der Waals surface area contributed by atoms with E-state index in [-0.39, 0.29) is 10.6 Å². The van der Waals surface area contributed by atoms with Crippen molar-refractivity contribution in [3.8, 4) is 11.5 Å². The summed E-state index contributed by atoms with van der Waals surface area (Å²) in [5, 5.41) is 5.12. The van der Waals surface area contributed by atoms with Gasteiger partial charge < -0.3 is 9.47 Å². The summed E-state index contributed by atoms with van der Waals surface area (Å²) in [5.74, 6) is 0.0241. The van der Waals surface area contributed by atoms with E-state index in [1.165, 1.54) is 43.5 Å². The zero-order valence-electron chi connectivity index (χ0n) is 11.1. The lowest BCUT2D eigenvalue weighted by molar-refractivity contribution is 0.0600. The third kappa shape index (κ3) is 3.59. The van der Waals surface area contributed by atoms with Gasteiger partial charge in [-0.3, -0.25) is 0 Å². The average molecular weight is 307 g/mol. The number of methoxy groups -OCH3 is 1. The molecule has 0 aliphatic rings. The van der Waals surface area contributed by atoms with Crippen LogP contribution in [0.15, 0.2) is 53.4 Å². The fourth-order valence-corrected chi connectivity index (χ4v) is 2.33. The molecule has 0 unspecified atom stereocenters. The van der Waals surface area contributed by atoms with E-state index in [0.717, 1.165) is 0 Å². The number of para-hydroxylation sites is 1. The molecule has 0 saturated heterocycles. The standard InChI is InChI=1S/C14H13NO5S/c1-19-14(16)10-6-8-11(9-7-10)20-12-4-2-3-5-13(12)21(15,17)18/h2-9H,1H3,(H2,15,17,18). The Balaban J connectivity index is 2.29. The average Bonchev–Trinajstić information content (AvgIpc) is 2.47. The Morgan fingerprint density at radius 3 is 2.24 bits per heavy atom. The molecule has 0 aliphatic carbocycles. The van der Waals surface area contributed by atoms with Crippen LogP contribution in [0.4, 0.5) is 0 Å². The molecule has 2 aromatic rings. The molecule has 0 heterocycles. The van der Waals surface area contributed by atoms with Crippen LogP contribution < -0.4 is 9.88 Å². The molecular weight excluding hydrogens is 294 g/mol. The highest BCUT2D eigenvalue weighted by atomic mass is 32.2. The van der Waals surface area contributed by atoms with E-state index in [4.69, 9.17) is 9.88 Å². The summed E-state index contributed by atoms with van der Waals surface area (Å²) in [6.45, 7) is 0. The van der Waals surface area contributed by atoms with Crippen LogP contribution in [0.1, 0.15) is 10.4 Å². The van der Waals surface area contributed by atoms with Gasteiger partial charge in [-0.25, -0.2) is 18.4 Å². The zero-order chi connectivity index (χ0) is 15.5. The lowest BCUT2D eigenvalue weighted by Crippen LogP contribution is -2.13. The molecule has 21 heavy (non-hydrogen) atoms. The Kier molecular flexibility index (Phi) is 4.25. The van der Waals surface area contributed by atoms with Crippen LogP contribution in [-0.2, 0) is 14.8 Å². The fourth-order valence-electron chi connectivity index (χ4n) is 1.67. The van der Waals surface area contributed by atoms with Crippen molar-refractivity contribution in [2.75, 3.05) is 7.11 Å². The van der Waals surface area contributed by atoms with Crippen LogP contribution >= 0.6 is 0 Å². The number of nitrogens with two attached hydrogens (primary N) is 1. The molecule has 2 aromatic carbocycles. The Bertz CT molecular complexity index is 753. The van der Waals surface area contributed by atoms with Crippen LogP contribution in [0, 0.1) is 0 Å². The van der Waals surface area contributed by atoms with Crippen LogP contribution in [0.3, 0.4) is 0 Å². The number of rotatable bonds is 4. The normalized spacial score (nSPS) is 11.0. The number of sulfonamides is 1. The lowest BCUT2D eigenvalue weighted by Gasteiger charge is -2.09. The van der Waals surface area contributed by atoms with E-state index < -0.39 is 16.0 Å². The first-order valence-corrected chi connectivity index (χ1v) is 7.44. The maximum Gasteiger partial charge on any atom is 0.337 e. The molecule has 7 heteroatoms. The smallest absolute Gasteiger partial charge is 0.337 e. The second-order valence-corrected chi connectivity index (χ2v) is 5.64. The van der Waals surface area contributed by atoms with Gasteiger partial charge in [-0.05, 0) is 36.4 Å². The van der Waals surface area contributed by atoms with Crippen molar-refractivity contribution in [1.82, 2.24) is 0 Å². The van der Waals surface area contributed by atoms with Gasteiger partial charge in [-0.2, -0.15) is 0 Å². The summed E-state index contributed by atoms with van der Waals surface area (Å²) in [7, 11) is -2.59. The number of benzene rings is 2. The third-order valence-electron chi connectivity index (χ3n) is 2.66. The first-order valence-electron chi connectivity index (χ1n) is 5.90. The van der Waals surface area contributed by atoms with Gasteiger partial charge in [0.2, 0.25) is 10.0 Å². The van der Waals surface area contributed by atoms with Gasteiger partial charge in [0, 0.05) is 0 Å². The molecule has 0 fully saturated rings. The molecule has 110 valence electrons. The molecule has 0 spiro atoms. The predicted molar refractivity (Wildman–Crippen MR) is 75.7 cm³/mol. The van der Waals surface area contributed by atoms with Crippen molar-refractivity contribution in [2.24, 2.45) is 5.14 Å². The molecule has 0 aromatic heterocycles. The maximum atomic E-state index is 11.5. The number of ether oxygens (including phenoxy) is 2. The minimum absolute atomic E-state index is 0.109. The third-order valence-corrected chi connectivity index (χ3v) is 3.61. The monoisotopic (exact) mass is 307 g/mol. The molecule has 0 radical (unpaired) electrons. The molecule has 6 nitrogen and oxygen atoms in total. The summed E-state index contributed by atoms with van der Waals surface area (Å²) in [6.07, 6.45) is 0. The second-order valence-electron chi connectivity index (χ2n) is 4.11. The number of carbonyl (C=O) groups is 1. The Morgan fingerprint density at radius 1 is 1.05 bits per heavy atom. The fraction of sp³-hybridized carbons (Fsp3) is 0.0714. The SMILES string of the molecule is COC(=O)c1ccc(Oc2ccccc2S(N)(=O)=O)cc1. The zero-order valence-corrected chi connectivity index (χ0v) is 12.0. The topological polar surface area (TPSA) is 95.7 Å². The largest absolute Gasteiger partial charge is 0.465 e. The number of carbonyl (C=O) groups excluding carboxylic acids is 1. The van der Waals surface area contributed by atoms with Crippen molar-refractivity contribution in [3.63, 3.8) is 0 Å². The van der Waals surface area contributed by atoms with E-state index in [1.807, 2.05) is 0 Å². The minimum atomic E-state index is -3.88. The van der Waals surface area contributed by atoms with Crippen LogP contribution in [0.2, 0.25) is 0 Å². The quantitative estimate of drug-likeness (QED) is 0.870. The highest BCUT2D eigenvalue weighted by molar-refractivity contribution is 7.89. The van der Waals surface area contributed by atoms with Gasteiger partial charge in [-0.1, -0.05) is 12.1 Å². The second kappa shape index (κ2) is 5.94. The highest BCUT2D eigenvalue weighted by Gasteiger charge is 2.15. The first kappa shape index (κ1) is 15.0. The van der Waals surface area contributed by atoms with Crippen LogP contribution in [0.25, 0.3) is 0 Å². The van der Waals surface area contributed by atoms with E-state index in [0.29, 0.717) is 11.3 Å². The molecule has 0 atom stereocenters. The van der Waals surface area contributed by atoms with Crippen molar-refractivity contribution in [1.29, 1.82) is 0 Å². The van der Waals surface area contributed by atoms with Crippen LogP contribution in [-0.4, -0.2) is 21.5 Å².